The van der Waals surface area contributed by atoms with Crippen molar-refractivity contribution >= 4 is 12.1 Å². The molecule has 0 saturated carbocycles. The average molecular weight is 299 g/mol. The third-order valence-corrected chi connectivity index (χ3v) is 3.03. The maximum Gasteiger partial charge on any atom is 0.412 e. The summed E-state index contributed by atoms with van der Waals surface area (Å²) in [5.74, 6) is -0.419. The Balaban J connectivity index is 2.77. The molecule has 0 aromatic heterocycles. The van der Waals surface area contributed by atoms with Crippen LogP contribution in [0.2, 0.25) is 0 Å². The van der Waals surface area contributed by atoms with Crippen LogP contribution in [-0.2, 0) is 19.0 Å². The first-order chi connectivity index (χ1) is 9.57. The highest BCUT2D eigenvalue weighted by Crippen LogP contribution is 2.30. The Morgan fingerprint density at radius 1 is 1.38 bits per heavy atom. The van der Waals surface area contributed by atoms with Crippen molar-refractivity contribution in [1.29, 1.82) is 0 Å². The second kappa shape index (κ2) is 6.47. The molecule has 120 valence electrons. The number of amides is 1. The average Bonchev–Trinajstić information content (AvgIpc) is 2.62. The summed E-state index contributed by atoms with van der Waals surface area (Å²) in [4.78, 5) is 25.0. The molecule has 1 saturated heterocycles. The molecule has 6 heteroatoms. The van der Waals surface area contributed by atoms with Crippen molar-refractivity contribution in [3.8, 4) is 0 Å². The smallest absolute Gasteiger partial charge is 0.412 e. The fraction of sp³-hybridized carbons (Fsp3) is 0.733. The lowest BCUT2D eigenvalue weighted by Crippen LogP contribution is -2.49. The van der Waals surface area contributed by atoms with Crippen molar-refractivity contribution in [3.63, 3.8) is 0 Å². The summed E-state index contributed by atoms with van der Waals surface area (Å²) in [6.07, 6.45) is 3.11. The number of carbonyl (C=O) groups excluding carboxylic acids is 2. The van der Waals surface area contributed by atoms with Crippen LogP contribution >= 0.6 is 0 Å². The van der Waals surface area contributed by atoms with Gasteiger partial charge in [0, 0.05) is 6.08 Å². The van der Waals surface area contributed by atoms with Gasteiger partial charge in [0.25, 0.3) is 0 Å². The molecule has 1 fully saturated rings. The van der Waals surface area contributed by atoms with E-state index in [1.54, 1.807) is 11.0 Å². The van der Waals surface area contributed by atoms with E-state index in [2.05, 4.69) is 4.74 Å². The van der Waals surface area contributed by atoms with Crippen LogP contribution < -0.4 is 0 Å². The zero-order valence-corrected chi connectivity index (χ0v) is 13.6. The van der Waals surface area contributed by atoms with Crippen molar-refractivity contribution < 1.29 is 23.8 Å². The third-order valence-electron chi connectivity index (χ3n) is 3.03. The summed E-state index contributed by atoms with van der Waals surface area (Å²) in [6, 6.07) is -0.171. The van der Waals surface area contributed by atoms with Gasteiger partial charge >= 0.3 is 12.1 Å². The number of rotatable bonds is 3. The Bertz CT molecular complexity index is 422. The van der Waals surface area contributed by atoms with Gasteiger partial charge in [-0.2, -0.15) is 0 Å². The van der Waals surface area contributed by atoms with Crippen LogP contribution in [-0.4, -0.2) is 48.0 Å². The van der Waals surface area contributed by atoms with Gasteiger partial charge in [-0.05, 0) is 41.0 Å². The van der Waals surface area contributed by atoms with Crippen molar-refractivity contribution in [3.05, 3.63) is 12.2 Å². The van der Waals surface area contributed by atoms with Crippen LogP contribution in [0, 0.1) is 0 Å². The molecule has 1 aliphatic rings. The molecule has 0 aliphatic carbocycles. The molecular weight excluding hydrogens is 274 g/mol. The zero-order valence-electron chi connectivity index (χ0n) is 13.6. The minimum Gasteiger partial charge on any atom is -0.466 e. The van der Waals surface area contributed by atoms with Gasteiger partial charge in [0.2, 0.25) is 0 Å². The highest BCUT2D eigenvalue weighted by atomic mass is 16.6. The summed E-state index contributed by atoms with van der Waals surface area (Å²) < 4.78 is 15.6. The van der Waals surface area contributed by atoms with Crippen LogP contribution in [0.4, 0.5) is 4.79 Å². The summed E-state index contributed by atoms with van der Waals surface area (Å²) in [6.45, 7) is 9.50. The Morgan fingerprint density at radius 3 is 2.52 bits per heavy atom. The molecule has 6 nitrogen and oxygen atoms in total. The highest BCUT2D eigenvalue weighted by molar-refractivity contribution is 5.81. The van der Waals surface area contributed by atoms with Crippen molar-refractivity contribution in [2.75, 3.05) is 13.7 Å². The zero-order chi connectivity index (χ0) is 16.3. The van der Waals surface area contributed by atoms with E-state index in [0.29, 0.717) is 13.0 Å². The van der Waals surface area contributed by atoms with Gasteiger partial charge in [-0.1, -0.05) is 6.08 Å². The summed E-state index contributed by atoms with van der Waals surface area (Å²) >= 11 is 0. The lowest BCUT2D eigenvalue weighted by atomic mass is 10.1. The molecule has 1 amide bonds. The molecule has 0 aromatic carbocycles. The van der Waals surface area contributed by atoms with Gasteiger partial charge in [0.15, 0.2) is 0 Å². The number of methoxy groups -OCH3 is 1. The lowest BCUT2D eigenvalue weighted by Gasteiger charge is -2.34. The molecule has 0 unspecified atom stereocenters. The molecule has 0 aromatic rings. The van der Waals surface area contributed by atoms with E-state index in [4.69, 9.17) is 9.47 Å². The van der Waals surface area contributed by atoms with E-state index in [0.717, 1.165) is 0 Å². The quantitative estimate of drug-likeness (QED) is 0.591. The molecular formula is C15H25NO5. The van der Waals surface area contributed by atoms with E-state index in [1.165, 1.54) is 13.2 Å². The second-order valence-electron chi connectivity index (χ2n) is 6.42. The number of hydrogen-bond donors (Lipinski definition) is 0. The fourth-order valence-electron chi connectivity index (χ4n) is 2.13. The van der Waals surface area contributed by atoms with Gasteiger partial charge in [-0.3, -0.25) is 4.90 Å². The Hall–Kier alpha value is -1.56. The van der Waals surface area contributed by atoms with Crippen LogP contribution in [0.15, 0.2) is 12.2 Å². The first-order valence-corrected chi connectivity index (χ1v) is 6.97. The number of ether oxygens (including phenoxy) is 3. The molecule has 1 aliphatic heterocycles. The number of esters is 1. The highest BCUT2D eigenvalue weighted by Gasteiger charge is 2.45. The van der Waals surface area contributed by atoms with Crippen molar-refractivity contribution in [2.24, 2.45) is 0 Å². The predicted octanol–water partition coefficient (Wildman–Crippen LogP) is 2.48. The van der Waals surface area contributed by atoms with Gasteiger partial charge < -0.3 is 14.2 Å². The molecule has 1 atom stereocenters. The number of carbonyl (C=O) groups is 2. The Labute approximate surface area is 126 Å². The molecule has 0 bridgehead atoms. The molecule has 0 N–H and O–H groups in total. The van der Waals surface area contributed by atoms with Crippen molar-refractivity contribution in [2.45, 2.75) is 58.4 Å². The summed E-state index contributed by atoms with van der Waals surface area (Å²) in [5, 5.41) is 0. The molecule has 0 radical (unpaired) electrons. The largest absolute Gasteiger partial charge is 0.466 e. The van der Waals surface area contributed by atoms with E-state index < -0.39 is 23.4 Å². The minimum atomic E-state index is -0.730. The van der Waals surface area contributed by atoms with Crippen molar-refractivity contribution in [1.82, 2.24) is 4.90 Å². The van der Waals surface area contributed by atoms with E-state index in [1.807, 2.05) is 34.6 Å². The predicted molar refractivity (Wildman–Crippen MR) is 77.7 cm³/mol. The maximum atomic E-state index is 12.3. The van der Waals surface area contributed by atoms with Crippen LogP contribution in [0.5, 0.6) is 0 Å². The maximum absolute atomic E-state index is 12.3. The fourth-order valence-corrected chi connectivity index (χ4v) is 2.13. The van der Waals surface area contributed by atoms with Crippen LogP contribution in [0.1, 0.15) is 41.0 Å². The Morgan fingerprint density at radius 2 is 2.00 bits per heavy atom. The number of nitrogens with zero attached hydrogens (tertiary/aromatic N) is 1. The second-order valence-corrected chi connectivity index (χ2v) is 6.42. The van der Waals surface area contributed by atoms with Gasteiger partial charge in [0.1, 0.15) is 11.3 Å². The topological polar surface area (TPSA) is 65.1 Å². The van der Waals surface area contributed by atoms with E-state index in [9.17, 15) is 9.59 Å². The van der Waals surface area contributed by atoms with Gasteiger partial charge in [-0.25, -0.2) is 9.59 Å². The van der Waals surface area contributed by atoms with E-state index >= 15 is 0 Å². The normalized spacial score (nSPS) is 21.6. The monoisotopic (exact) mass is 299 g/mol. The summed E-state index contributed by atoms with van der Waals surface area (Å²) in [5.41, 5.74) is -1.30. The number of hydrogen-bond acceptors (Lipinski definition) is 5. The first-order valence-electron chi connectivity index (χ1n) is 6.97. The third kappa shape index (κ3) is 5.04. The lowest BCUT2D eigenvalue weighted by molar-refractivity contribution is -0.134. The molecule has 1 rings (SSSR count). The SMILES string of the molecule is COC(=O)/C=C/C[C@H]1COC(C)(C)N1C(=O)OC(C)(C)C. The molecule has 21 heavy (non-hydrogen) atoms. The standard InChI is InChI=1S/C15H25NO5/c1-14(2,3)21-13(18)16-11(10-20-15(16,4)5)8-7-9-12(17)19-6/h7,9,11H,8,10H2,1-6H3/b9-7+/t11-/m0/s1. The molecule has 1 heterocycles. The van der Waals surface area contributed by atoms with E-state index in [-0.39, 0.29) is 6.04 Å². The Kier molecular flexibility index (Phi) is 5.39. The van der Waals surface area contributed by atoms with Gasteiger partial charge in [0.05, 0.1) is 19.8 Å². The minimum absolute atomic E-state index is 0.171. The summed E-state index contributed by atoms with van der Waals surface area (Å²) in [7, 11) is 1.32. The van der Waals surface area contributed by atoms with Crippen LogP contribution in [0.3, 0.4) is 0 Å². The van der Waals surface area contributed by atoms with Gasteiger partial charge in [-0.15, -0.1) is 0 Å². The van der Waals surface area contributed by atoms with Crippen LogP contribution in [0.25, 0.3) is 0 Å². The molecule has 0 spiro atoms. The first kappa shape index (κ1) is 17.5.